The van der Waals surface area contributed by atoms with Gasteiger partial charge in [0.1, 0.15) is 5.69 Å². The third kappa shape index (κ3) is 4.24. The van der Waals surface area contributed by atoms with Gasteiger partial charge in [0.05, 0.1) is 0 Å². The Bertz CT molecular complexity index is 750. The highest BCUT2D eigenvalue weighted by molar-refractivity contribution is 6.04. The van der Waals surface area contributed by atoms with Crippen molar-refractivity contribution >= 4 is 17.5 Å². The molecule has 0 spiro atoms. The average Bonchev–Trinajstić information content (AvgIpc) is 2.68. The molecular formula is C20H23N3O2. The van der Waals surface area contributed by atoms with E-state index in [-0.39, 0.29) is 17.5 Å². The van der Waals surface area contributed by atoms with Crippen LogP contribution in [0.2, 0.25) is 0 Å². The number of aryl methyl sites for hydroxylation is 1. The lowest BCUT2D eigenvalue weighted by atomic mass is 10.1. The molecule has 5 heteroatoms. The van der Waals surface area contributed by atoms with Crippen LogP contribution in [0.1, 0.15) is 52.6 Å². The van der Waals surface area contributed by atoms with Gasteiger partial charge >= 0.3 is 0 Å². The molecule has 2 aromatic rings. The van der Waals surface area contributed by atoms with E-state index in [4.69, 9.17) is 0 Å². The van der Waals surface area contributed by atoms with Crippen molar-refractivity contribution in [3.05, 3.63) is 59.4 Å². The topological polar surface area (TPSA) is 62.3 Å². The number of carbonyl (C=O) groups excluding carboxylic acids is 2. The highest BCUT2D eigenvalue weighted by Gasteiger charge is 2.19. The molecule has 1 aromatic heterocycles. The van der Waals surface area contributed by atoms with E-state index in [9.17, 15) is 9.59 Å². The number of aromatic nitrogens is 1. The predicted molar refractivity (Wildman–Crippen MR) is 97.8 cm³/mol. The number of hydrogen-bond donors (Lipinski definition) is 1. The summed E-state index contributed by atoms with van der Waals surface area (Å²) in [6.07, 6.45) is 5.73. The molecule has 1 fully saturated rings. The van der Waals surface area contributed by atoms with Gasteiger partial charge in [0, 0.05) is 30.5 Å². The lowest BCUT2D eigenvalue weighted by molar-refractivity contribution is 0.0724. The second kappa shape index (κ2) is 7.92. The summed E-state index contributed by atoms with van der Waals surface area (Å²) in [6, 6.07) is 11.0. The van der Waals surface area contributed by atoms with Gasteiger partial charge < -0.3 is 10.2 Å². The Labute approximate surface area is 148 Å². The zero-order chi connectivity index (χ0) is 17.6. The number of rotatable bonds is 4. The van der Waals surface area contributed by atoms with E-state index in [1.165, 1.54) is 18.2 Å². The molecule has 1 aromatic carbocycles. The molecule has 0 atom stereocenters. The third-order valence-electron chi connectivity index (χ3n) is 4.50. The minimum atomic E-state index is -0.308. The molecule has 5 nitrogen and oxygen atoms in total. The molecule has 1 aliphatic heterocycles. The van der Waals surface area contributed by atoms with Gasteiger partial charge in [-0.05, 0) is 55.5 Å². The molecule has 1 aliphatic rings. The summed E-state index contributed by atoms with van der Waals surface area (Å²) in [7, 11) is 0. The SMILES string of the molecule is CCc1ccc(NC(=O)c2cc(C(=O)N3CCCCC3)ccn2)cc1. The van der Waals surface area contributed by atoms with Crippen LogP contribution in [0.15, 0.2) is 42.6 Å². The van der Waals surface area contributed by atoms with Gasteiger partial charge in [-0.3, -0.25) is 14.6 Å². The highest BCUT2D eigenvalue weighted by Crippen LogP contribution is 2.15. The number of piperidine rings is 1. The van der Waals surface area contributed by atoms with Crippen molar-refractivity contribution in [2.45, 2.75) is 32.6 Å². The molecule has 130 valence electrons. The van der Waals surface area contributed by atoms with E-state index >= 15 is 0 Å². The van der Waals surface area contributed by atoms with Crippen molar-refractivity contribution in [3.63, 3.8) is 0 Å². The summed E-state index contributed by atoms with van der Waals surface area (Å²) in [5.74, 6) is -0.332. The first-order chi connectivity index (χ1) is 12.2. The lowest BCUT2D eigenvalue weighted by Gasteiger charge is -2.26. The summed E-state index contributed by atoms with van der Waals surface area (Å²) in [5, 5.41) is 2.83. The van der Waals surface area contributed by atoms with Gasteiger partial charge in [0.2, 0.25) is 0 Å². The molecule has 0 radical (unpaired) electrons. The number of benzene rings is 1. The van der Waals surface area contributed by atoms with E-state index in [2.05, 4.69) is 17.2 Å². The van der Waals surface area contributed by atoms with Crippen LogP contribution < -0.4 is 5.32 Å². The maximum Gasteiger partial charge on any atom is 0.274 e. The van der Waals surface area contributed by atoms with Crippen molar-refractivity contribution in [3.8, 4) is 0 Å². The fraction of sp³-hybridized carbons (Fsp3) is 0.350. The summed E-state index contributed by atoms with van der Waals surface area (Å²) < 4.78 is 0. The van der Waals surface area contributed by atoms with E-state index < -0.39 is 0 Å². The quantitative estimate of drug-likeness (QED) is 0.928. The molecule has 0 bridgehead atoms. The van der Waals surface area contributed by atoms with E-state index in [0.717, 1.165) is 38.0 Å². The molecule has 3 rings (SSSR count). The number of likely N-dealkylation sites (tertiary alicyclic amines) is 1. The second-order valence-corrected chi connectivity index (χ2v) is 6.29. The summed E-state index contributed by atoms with van der Waals surface area (Å²) in [6.45, 7) is 3.65. The minimum Gasteiger partial charge on any atom is -0.339 e. The standard InChI is InChI=1S/C20H23N3O2/c1-2-15-6-8-17(9-7-15)22-19(24)18-14-16(10-11-21-18)20(25)23-12-4-3-5-13-23/h6-11,14H,2-5,12-13H2,1H3,(H,22,24). The van der Waals surface area contributed by atoms with E-state index in [0.29, 0.717) is 5.56 Å². The number of pyridine rings is 1. The summed E-state index contributed by atoms with van der Waals surface area (Å²) >= 11 is 0. The van der Waals surface area contributed by atoms with Crippen LogP contribution in [0.25, 0.3) is 0 Å². The van der Waals surface area contributed by atoms with Crippen LogP contribution in [-0.2, 0) is 6.42 Å². The van der Waals surface area contributed by atoms with Crippen molar-refractivity contribution in [1.29, 1.82) is 0 Å². The van der Waals surface area contributed by atoms with Crippen LogP contribution in [-0.4, -0.2) is 34.8 Å². The number of carbonyl (C=O) groups is 2. The second-order valence-electron chi connectivity index (χ2n) is 6.29. The fourth-order valence-electron chi connectivity index (χ4n) is 2.99. The van der Waals surface area contributed by atoms with Crippen molar-refractivity contribution in [1.82, 2.24) is 9.88 Å². The number of nitrogens with zero attached hydrogens (tertiary/aromatic N) is 2. The first kappa shape index (κ1) is 17.1. The molecule has 25 heavy (non-hydrogen) atoms. The normalized spacial score (nSPS) is 14.2. The molecule has 2 heterocycles. The average molecular weight is 337 g/mol. The lowest BCUT2D eigenvalue weighted by Crippen LogP contribution is -2.35. The highest BCUT2D eigenvalue weighted by atomic mass is 16.2. The Kier molecular flexibility index (Phi) is 5.43. The van der Waals surface area contributed by atoms with Crippen LogP contribution in [0.3, 0.4) is 0 Å². The summed E-state index contributed by atoms with van der Waals surface area (Å²) in [4.78, 5) is 31.0. The number of anilines is 1. The molecule has 0 unspecified atom stereocenters. The smallest absolute Gasteiger partial charge is 0.274 e. The van der Waals surface area contributed by atoms with Crippen molar-refractivity contribution in [2.24, 2.45) is 0 Å². The van der Waals surface area contributed by atoms with E-state index in [1.54, 1.807) is 12.1 Å². The first-order valence-electron chi connectivity index (χ1n) is 8.83. The maximum absolute atomic E-state index is 12.6. The largest absolute Gasteiger partial charge is 0.339 e. The number of nitrogens with one attached hydrogen (secondary N) is 1. The van der Waals surface area contributed by atoms with Gasteiger partial charge in [0.15, 0.2) is 0 Å². The van der Waals surface area contributed by atoms with Crippen LogP contribution in [0, 0.1) is 0 Å². The minimum absolute atomic E-state index is 0.0246. The monoisotopic (exact) mass is 337 g/mol. The van der Waals surface area contributed by atoms with Gasteiger partial charge in [-0.15, -0.1) is 0 Å². The Morgan fingerprint density at radius 3 is 2.48 bits per heavy atom. The first-order valence-corrected chi connectivity index (χ1v) is 8.83. The Balaban J connectivity index is 1.71. The molecule has 2 amide bonds. The Morgan fingerprint density at radius 1 is 1.08 bits per heavy atom. The third-order valence-corrected chi connectivity index (χ3v) is 4.50. The number of amides is 2. The van der Waals surface area contributed by atoms with Crippen LogP contribution in [0.5, 0.6) is 0 Å². The van der Waals surface area contributed by atoms with E-state index in [1.807, 2.05) is 29.2 Å². The fourth-order valence-corrected chi connectivity index (χ4v) is 2.99. The van der Waals surface area contributed by atoms with Gasteiger partial charge in [-0.25, -0.2) is 0 Å². The molecule has 0 saturated carbocycles. The zero-order valence-electron chi connectivity index (χ0n) is 14.5. The van der Waals surface area contributed by atoms with Gasteiger partial charge in [-0.2, -0.15) is 0 Å². The zero-order valence-corrected chi connectivity index (χ0v) is 14.5. The predicted octanol–water partition coefficient (Wildman–Crippen LogP) is 3.52. The molecular weight excluding hydrogens is 314 g/mol. The number of hydrogen-bond acceptors (Lipinski definition) is 3. The Morgan fingerprint density at radius 2 is 1.80 bits per heavy atom. The van der Waals surface area contributed by atoms with Gasteiger partial charge in [-0.1, -0.05) is 19.1 Å². The van der Waals surface area contributed by atoms with Crippen molar-refractivity contribution < 1.29 is 9.59 Å². The van der Waals surface area contributed by atoms with Crippen LogP contribution in [0.4, 0.5) is 5.69 Å². The van der Waals surface area contributed by atoms with Gasteiger partial charge in [0.25, 0.3) is 11.8 Å². The van der Waals surface area contributed by atoms with Crippen molar-refractivity contribution in [2.75, 3.05) is 18.4 Å². The maximum atomic E-state index is 12.6. The summed E-state index contributed by atoms with van der Waals surface area (Å²) in [5.41, 5.74) is 2.70. The van der Waals surface area contributed by atoms with Crippen LogP contribution >= 0.6 is 0 Å². The molecule has 1 N–H and O–H groups in total. The molecule has 0 aliphatic carbocycles. The Hall–Kier alpha value is -2.69. The molecule has 1 saturated heterocycles.